The first kappa shape index (κ1) is 15.5. The van der Waals surface area contributed by atoms with Crippen molar-refractivity contribution in [2.75, 3.05) is 5.32 Å². The van der Waals surface area contributed by atoms with Crippen LogP contribution in [0.15, 0.2) is 40.9 Å². The molecular formula is C14H10BrClN2O3. The summed E-state index contributed by atoms with van der Waals surface area (Å²) in [6.07, 6.45) is 0. The van der Waals surface area contributed by atoms with Gasteiger partial charge in [-0.05, 0) is 30.7 Å². The molecule has 0 fully saturated rings. The number of halogens is 2. The number of amides is 1. The minimum absolute atomic E-state index is 0.0364. The quantitative estimate of drug-likeness (QED) is 0.636. The van der Waals surface area contributed by atoms with E-state index in [-0.39, 0.29) is 16.3 Å². The molecule has 0 heterocycles. The van der Waals surface area contributed by atoms with E-state index in [1.54, 1.807) is 6.07 Å². The van der Waals surface area contributed by atoms with E-state index < -0.39 is 10.8 Å². The van der Waals surface area contributed by atoms with Crippen LogP contribution in [-0.4, -0.2) is 10.8 Å². The Morgan fingerprint density at radius 1 is 1.33 bits per heavy atom. The van der Waals surface area contributed by atoms with Crippen LogP contribution in [0.4, 0.5) is 11.4 Å². The van der Waals surface area contributed by atoms with Crippen molar-refractivity contribution in [3.63, 3.8) is 0 Å². The van der Waals surface area contributed by atoms with Crippen molar-refractivity contribution in [1.29, 1.82) is 0 Å². The van der Waals surface area contributed by atoms with Crippen LogP contribution in [0, 0.1) is 17.0 Å². The minimum atomic E-state index is -0.630. The predicted molar refractivity (Wildman–Crippen MR) is 84.9 cm³/mol. The summed E-state index contributed by atoms with van der Waals surface area (Å²) in [7, 11) is 0. The van der Waals surface area contributed by atoms with Gasteiger partial charge in [0.05, 0.1) is 9.95 Å². The van der Waals surface area contributed by atoms with Crippen LogP contribution < -0.4 is 5.32 Å². The van der Waals surface area contributed by atoms with Crippen molar-refractivity contribution in [1.82, 2.24) is 0 Å². The molecule has 7 heteroatoms. The summed E-state index contributed by atoms with van der Waals surface area (Å²) in [6, 6.07) is 9.49. The van der Waals surface area contributed by atoms with Crippen LogP contribution in [0.2, 0.25) is 5.02 Å². The summed E-state index contributed by atoms with van der Waals surface area (Å²) < 4.78 is 0.789. The topological polar surface area (TPSA) is 72.2 Å². The number of nitrogens with zero attached hydrogens (tertiary/aromatic N) is 1. The Morgan fingerprint density at radius 2 is 2.05 bits per heavy atom. The molecule has 1 N–H and O–H groups in total. The highest BCUT2D eigenvalue weighted by Crippen LogP contribution is 2.28. The van der Waals surface area contributed by atoms with Crippen LogP contribution in [0.25, 0.3) is 0 Å². The zero-order valence-electron chi connectivity index (χ0n) is 10.9. The fourth-order valence-corrected chi connectivity index (χ4v) is 2.42. The largest absolute Gasteiger partial charge is 0.321 e. The molecule has 0 aliphatic heterocycles. The van der Waals surface area contributed by atoms with Crippen LogP contribution in [-0.2, 0) is 0 Å². The zero-order valence-corrected chi connectivity index (χ0v) is 13.2. The van der Waals surface area contributed by atoms with Crippen molar-refractivity contribution in [2.24, 2.45) is 0 Å². The summed E-state index contributed by atoms with van der Waals surface area (Å²) in [5, 5.41) is 13.7. The number of anilines is 1. The van der Waals surface area contributed by atoms with Crippen molar-refractivity contribution in [3.8, 4) is 0 Å². The summed E-state index contributed by atoms with van der Waals surface area (Å²) in [4.78, 5) is 22.7. The average Bonchev–Trinajstić information content (AvgIpc) is 2.42. The zero-order chi connectivity index (χ0) is 15.6. The maximum Gasteiger partial charge on any atom is 0.283 e. The second-order valence-electron chi connectivity index (χ2n) is 4.30. The Kier molecular flexibility index (Phi) is 4.59. The predicted octanol–water partition coefficient (Wildman–Crippen LogP) is 4.57. The lowest BCUT2D eigenvalue weighted by molar-refractivity contribution is -0.385. The lowest BCUT2D eigenvalue weighted by atomic mass is 10.1. The fraction of sp³-hybridized carbons (Fsp3) is 0.0714. The first-order chi connectivity index (χ1) is 9.90. The number of nitro groups is 1. The second-order valence-corrected chi connectivity index (χ2v) is 5.63. The number of benzene rings is 2. The number of carbonyl (C=O) groups excluding carboxylic acids is 1. The molecule has 0 unspecified atom stereocenters. The first-order valence-electron chi connectivity index (χ1n) is 5.90. The number of nitro benzene ring substituents is 1. The van der Waals surface area contributed by atoms with E-state index in [9.17, 15) is 14.9 Å². The Hall–Kier alpha value is -1.92. The van der Waals surface area contributed by atoms with E-state index in [1.807, 2.05) is 19.1 Å². The Morgan fingerprint density at radius 3 is 2.71 bits per heavy atom. The molecule has 0 bridgehead atoms. The van der Waals surface area contributed by atoms with Crippen LogP contribution in [0.5, 0.6) is 0 Å². The van der Waals surface area contributed by atoms with Gasteiger partial charge in [-0.1, -0.05) is 39.7 Å². The fourth-order valence-electron chi connectivity index (χ4n) is 1.80. The van der Waals surface area contributed by atoms with Gasteiger partial charge in [0.2, 0.25) is 0 Å². The summed E-state index contributed by atoms with van der Waals surface area (Å²) >= 11 is 9.24. The third kappa shape index (κ3) is 3.40. The molecule has 2 rings (SSSR count). The van der Waals surface area contributed by atoms with E-state index in [0.717, 1.165) is 10.0 Å². The van der Waals surface area contributed by atoms with Gasteiger partial charge < -0.3 is 5.32 Å². The average molecular weight is 370 g/mol. The van der Waals surface area contributed by atoms with Crippen molar-refractivity contribution in [3.05, 3.63) is 67.1 Å². The SMILES string of the molecule is Cc1ccc(Br)cc1NC(=O)c1c(Cl)cccc1[N+](=O)[O-]. The number of nitrogens with one attached hydrogen (secondary N) is 1. The molecule has 0 aliphatic carbocycles. The van der Waals surface area contributed by atoms with Gasteiger partial charge in [0.1, 0.15) is 5.56 Å². The normalized spacial score (nSPS) is 10.2. The van der Waals surface area contributed by atoms with Gasteiger partial charge in [-0.25, -0.2) is 0 Å². The summed E-state index contributed by atoms with van der Waals surface area (Å²) in [5.74, 6) is -0.617. The molecule has 0 radical (unpaired) electrons. The van der Waals surface area contributed by atoms with E-state index in [0.29, 0.717) is 5.69 Å². The van der Waals surface area contributed by atoms with E-state index in [1.165, 1.54) is 18.2 Å². The standard InChI is InChI=1S/C14H10BrClN2O3/c1-8-5-6-9(15)7-11(8)17-14(19)13-10(16)3-2-4-12(13)18(20)21/h2-7H,1H3,(H,17,19). The molecule has 0 saturated carbocycles. The van der Waals surface area contributed by atoms with Gasteiger partial charge in [0.25, 0.3) is 11.6 Å². The highest BCUT2D eigenvalue weighted by Gasteiger charge is 2.23. The van der Waals surface area contributed by atoms with Crippen molar-refractivity contribution in [2.45, 2.75) is 6.92 Å². The smallest absolute Gasteiger partial charge is 0.283 e. The van der Waals surface area contributed by atoms with Gasteiger partial charge >= 0.3 is 0 Å². The van der Waals surface area contributed by atoms with E-state index in [2.05, 4.69) is 21.2 Å². The molecule has 108 valence electrons. The lowest BCUT2D eigenvalue weighted by Gasteiger charge is -2.10. The highest BCUT2D eigenvalue weighted by molar-refractivity contribution is 9.10. The molecule has 0 saturated heterocycles. The molecule has 0 spiro atoms. The van der Waals surface area contributed by atoms with Gasteiger partial charge in [0.15, 0.2) is 0 Å². The van der Waals surface area contributed by atoms with Gasteiger partial charge in [0, 0.05) is 16.2 Å². The van der Waals surface area contributed by atoms with Crippen molar-refractivity contribution < 1.29 is 9.72 Å². The van der Waals surface area contributed by atoms with E-state index in [4.69, 9.17) is 11.6 Å². The van der Waals surface area contributed by atoms with Crippen molar-refractivity contribution >= 4 is 44.8 Å². The lowest BCUT2D eigenvalue weighted by Crippen LogP contribution is -2.15. The Labute approximate surface area is 134 Å². The first-order valence-corrected chi connectivity index (χ1v) is 7.07. The molecular weight excluding hydrogens is 360 g/mol. The third-order valence-corrected chi connectivity index (χ3v) is 3.67. The van der Waals surface area contributed by atoms with E-state index >= 15 is 0 Å². The van der Waals surface area contributed by atoms with Crippen LogP contribution in [0.1, 0.15) is 15.9 Å². The number of carbonyl (C=O) groups is 1. The Bertz CT molecular complexity index is 734. The minimum Gasteiger partial charge on any atom is -0.321 e. The summed E-state index contributed by atoms with van der Waals surface area (Å²) in [5.41, 5.74) is 0.918. The third-order valence-electron chi connectivity index (χ3n) is 2.86. The molecule has 0 aromatic heterocycles. The number of aryl methyl sites for hydroxylation is 1. The maximum atomic E-state index is 12.3. The van der Waals surface area contributed by atoms with Crippen LogP contribution >= 0.6 is 27.5 Å². The number of rotatable bonds is 3. The summed E-state index contributed by atoms with van der Waals surface area (Å²) in [6.45, 7) is 1.82. The molecule has 2 aromatic rings. The molecule has 5 nitrogen and oxygen atoms in total. The molecule has 1 amide bonds. The van der Waals surface area contributed by atoms with Gasteiger partial charge in [-0.2, -0.15) is 0 Å². The maximum absolute atomic E-state index is 12.3. The molecule has 0 aliphatic rings. The molecule has 2 aromatic carbocycles. The highest BCUT2D eigenvalue weighted by atomic mass is 79.9. The van der Waals surface area contributed by atoms with Gasteiger partial charge in [-0.15, -0.1) is 0 Å². The second kappa shape index (κ2) is 6.24. The number of hydrogen-bond acceptors (Lipinski definition) is 3. The van der Waals surface area contributed by atoms with Crippen LogP contribution in [0.3, 0.4) is 0 Å². The molecule has 0 atom stereocenters. The monoisotopic (exact) mass is 368 g/mol. The Balaban J connectivity index is 2.42. The number of hydrogen-bond donors (Lipinski definition) is 1. The van der Waals surface area contributed by atoms with Gasteiger partial charge in [-0.3, -0.25) is 14.9 Å². The molecule has 21 heavy (non-hydrogen) atoms.